The van der Waals surface area contributed by atoms with Crippen LogP contribution in [0.5, 0.6) is 0 Å². The molecule has 2 nitrogen and oxygen atoms in total. The van der Waals surface area contributed by atoms with E-state index in [0.717, 1.165) is 17.3 Å². The third-order valence-electron chi connectivity index (χ3n) is 8.00. The van der Waals surface area contributed by atoms with Gasteiger partial charge in [0.15, 0.2) is 0 Å². The van der Waals surface area contributed by atoms with Gasteiger partial charge in [0.25, 0.3) is 0 Å². The largest absolute Gasteiger partial charge is 0.480 e. The van der Waals surface area contributed by atoms with E-state index >= 15 is 0 Å². The van der Waals surface area contributed by atoms with Crippen LogP contribution in [0.15, 0.2) is 0 Å². The van der Waals surface area contributed by atoms with E-state index in [4.69, 9.17) is 0 Å². The molecule has 0 aromatic heterocycles. The summed E-state index contributed by atoms with van der Waals surface area (Å²) in [7, 11) is 0. The molecule has 1 unspecified atom stereocenters. The van der Waals surface area contributed by atoms with Crippen molar-refractivity contribution in [1.29, 1.82) is 0 Å². The molecule has 0 fully saturated rings. The molecule has 0 aromatic carbocycles. The molecular weight excluding hydrogens is 517 g/mol. The minimum atomic E-state index is -0.612. The van der Waals surface area contributed by atoms with Crippen LogP contribution < -0.4 is 0 Å². The predicted octanol–water partition coefficient (Wildman–Crippen LogP) is 12.9. The summed E-state index contributed by atoms with van der Waals surface area (Å²) in [6.07, 6.45) is 38.8. The van der Waals surface area contributed by atoms with Crippen LogP contribution in [0.4, 0.5) is 0 Å². The summed E-state index contributed by atoms with van der Waals surface area (Å²) < 4.78 is 0. The minimum absolute atomic E-state index is 0.219. The van der Waals surface area contributed by atoms with Crippen LogP contribution >= 0.6 is 23.5 Å². The number of aliphatic carboxylic acids is 1. The molecule has 0 rings (SSSR count). The smallest absolute Gasteiger partial charge is 0.317 e. The van der Waals surface area contributed by atoms with Gasteiger partial charge in [-0.15, -0.1) is 11.8 Å². The molecule has 0 spiro atoms. The Morgan fingerprint density at radius 2 is 0.744 bits per heavy atom. The first-order valence-corrected chi connectivity index (χ1v) is 19.8. The Kier molecular flexibility index (Phi) is 34.5. The first kappa shape index (κ1) is 39.2. The zero-order chi connectivity index (χ0) is 28.5. The van der Waals surface area contributed by atoms with Crippen LogP contribution in [0.25, 0.3) is 0 Å². The fourth-order valence-electron chi connectivity index (χ4n) is 5.30. The van der Waals surface area contributed by atoms with Crippen molar-refractivity contribution in [2.45, 2.75) is 199 Å². The van der Waals surface area contributed by atoms with E-state index in [9.17, 15) is 9.90 Å². The molecule has 0 aliphatic carbocycles. The highest BCUT2D eigenvalue weighted by atomic mass is 32.2. The van der Waals surface area contributed by atoms with Crippen LogP contribution in [0.3, 0.4) is 0 Å². The highest BCUT2D eigenvalue weighted by Crippen LogP contribution is 2.21. The van der Waals surface area contributed by atoms with Crippen molar-refractivity contribution in [3.63, 3.8) is 0 Å². The van der Waals surface area contributed by atoms with E-state index in [2.05, 4.69) is 13.8 Å². The van der Waals surface area contributed by atoms with E-state index in [-0.39, 0.29) is 5.25 Å². The lowest BCUT2D eigenvalue weighted by atomic mass is 10.0. The van der Waals surface area contributed by atoms with Crippen molar-refractivity contribution >= 4 is 29.5 Å². The number of hydrogen-bond donors (Lipinski definition) is 1. The fraction of sp³-hybridized carbons (Fsp3) is 0.971. The maximum atomic E-state index is 11.6. The van der Waals surface area contributed by atoms with Crippen LogP contribution in [-0.4, -0.2) is 33.6 Å². The van der Waals surface area contributed by atoms with Gasteiger partial charge in [0.05, 0.1) is 0 Å². The predicted molar refractivity (Wildman–Crippen MR) is 182 cm³/mol. The molecule has 0 aromatic rings. The molecule has 4 heteroatoms. The Bertz CT molecular complexity index is 472. The molecule has 0 aliphatic heterocycles. The maximum absolute atomic E-state index is 11.6. The number of carboxylic acid groups (broad SMARTS) is 1. The second kappa shape index (κ2) is 34.4. The molecule has 0 saturated carbocycles. The SMILES string of the molecule is CCCCCCCCCCCCCCCCSCC(SCCCCCCCCCCCCCCCC)C(=O)O. The summed E-state index contributed by atoms with van der Waals surface area (Å²) in [5.74, 6) is 2.30. The van der Waals surface area contributed by atoms with Gasteiger partial charge in [-0.1, -0.05) is 181 Å². The number of unbranched alkanes of at least 4 members (excludes halogenated alkanes) is 26. The van der Waals surface area contributed by atoms with Gasteiger partial charge in [-0.2, -0.15) is 11.8 Å². The van der Waals surface area contributed by atoms with Gasteiger partial charge in [-0.25, -0.2) is 0 Å². The number of rotatable bonds is 34. The summed E-state index contributed by atoms with van der Waals surface area (Å²) in [6.45, 7) is 4.57. The van der Waals surface area contributed by atoms with Gasteiger partial charge in [0.1, 0.15) is 5.25 Å². The third-order valence-corrected chi connectivity index (χ3v) is 10.7. The molecule has 1 atom stereocenters. The highest BCUT2D eigenvalue weighted by molar-refractivity contribution is 8.03. The third kappa shape index (κ3) is 32.5. The maximum Gasteiger partial charge on any atom is 0.317 e. The first-order valence-electron chi connectivity index (χ1n) is 17.6. The standard InChI is InChI=1S/C35H70O2S2/c1-3-5-7-9-11-13-15-17-19-21-23-25-27-29-31-38-33-34(35(36)37)39-32-30-28-26-24-22-20-18-16-14-12-10-8-6-4-2/h34H,3-33H2,1-2H3,(H,36,37). The average Bonchev–Trinajstić information content (AvgIpc) is 2.93. The van der Waals surface area contributed by atoms with E-state index in [1.54, 1.807) is 11.8 Å². The second-order valence-electron chi connectivity index (χ2n) is 12.0. The molecule has 39 heavy (non-hydrogen) atoms. The molecule has 0 bridgehead atoms. The van der Waals surface area contributed by atoms with Crippen molar-refractivity contribution in [1.82, 2.24) is 0 Å². The Morgan fingerprint density at radius 3 is 1.05 bits per heavy atom. The Balaban J connectivity index is 3.38. The van der Waals surface area contributed by atoms with Gasteiger partial charge in [0, 0.05) is 5.75 Å². The molecule has 0 aliphatic rings. The summed E-state index contributed by atoms with van der Waals surface area (Å²) >= 11 is 3.54. The normalized spacial score (nSPS) is 12.3. The average molecular weight is 587 g/mol. The van der Waals surface area contributed by atoms with Crippen molar-refractivity contribution in [3.05, 3.63) is 0 Å². The monoisotopic (exact) mass is 586 g/mol. The lowest BCUT2D eigenvalue weighted by molar-refractivity contribution is -0.135. The van der Waals surface area contributed by atoms with Crippen LogP contribution in [0.1, 0.15) is 194 Å². The topological polar surface area (TPSA) is 37.3 Å². The summed E-state index contributed by atoms with van der Waals surface area (Å²) in [6, 6.07) is 0. The molecule has 0 radical (unpaired) electrons. The quantitative estimate of drug-likeness (QED) is 0.0761. The lowest BCUT2D eigenvalue weighted by Gasteiger charge is -2.12. The van der Waals surface area contributed by atoms with Gasteiger partial charge < -0.3 is 5.11 Å². The number of thioether (sulfide) groups is 2. The van der Waals surface area contributed by atoms with E-state index < -0.39 is 5.97 Å². The summed E-state index contributed by atoms with van der Waals surface area (Å²) in [4.78, 5) is 11.6. The van der Waals surface area contributed by atoms with Gasteiger partial charge >= 0.3 is 5.97 Å². The van der Waals surface area contributed by atoms with Crippen molar-refractivity contribution in [2.24, 2.45) is 0 Å². The van der Waals surface area contributed by atoms with Crippen molar-refractivity contribution < 1.29 is 9.90 Å². The number of carboxylic acids is 1. The Morgan fingerprint density at radius 1 is 0.462 bits per heavy atom. The Hall–Kier alpha value is 0.170. The fourth-order valence-corrected chi connectivity index (χ4v) is 7.70. The first-order chi connectivity index (χ1) is 19.2. The molecule has 0 saturated heterocycles. The highest BCUT2D eigenvalue weighted by Gasteiger charge is 2.17. The van der Waals surface area contributed by atoms with Crippen LogP contribution in [0.2, 0.25) is 0 Å². The molecule has 234 valence electrons. The minimum Gasteiger partial charge on any atom is -0.480 e. The molecule has 1 N–H and O–H groups in total. The summed E-state index contributed by atoms with van der Waals surface area (Å²) in [5, 5.41) is 9.36. The zero-order valence-electron chi connectivity index (χ0n) is 26.7. The van der Waals surface area contributed by atoms with Crippen molar-refractivity contribution in [2.75, 3.05) is 17.3 Å². The molecule has 0 heterocycles. The van der Waals surface area contributed by atoms with Gasteiger partial charge in [0.2, 0.25) is 0 Å². The van der Waals surface area contributed by atoms with Gasteiger partial charge in [-0.05, 0) is 24.3 Å². The second-order valence-corrected chi connectivity index (χ2v) is 14.4. The zero-order valence-corrected chi connectivity index (χ0v) is 28.3. The number of carbonyl (C=O) groups is 1. The van der Waals surface area contributed by atoms with Crippen molar-refractivity contribution in [3.8, 4) is 0 Å². The molecular formula is C35H70O2S2. The van der Waals surface area contributed by atoms with Crippen LogP contribution in [-0.2, 0) is 4.79 Å². The van der Waals surface area contributed by atoms with Gasteiger partial charge in [-0.3, -0.25) is 4.79 Å². The summed E-state index contributed by atoms with van der Waals surface area (Å²) in [5.41, 5.74) is 0. The molecule has 0 amide bonds. The Labute approximate surface area is 254 Å². The van der Waals surface area contributed by atoms with E-state index in [1.165, 1.54) is 180 Å². The van der Waals surface area contributed by atoms with E-state index in [1.807, 2.05) is 11.8 Å². The number of hydrogen-bond acceptors (Lipinski definition) is 3. The lowest BCUT2D eigenvalue weighted by Crippen LogP contribution is -2.20. The van der Waals surface area contributed by atoms with Crippen LogP contribution in [0, 0.1) is 0 Å². The van der Waals surface area contributed by atoms with E-state index in [0.29, 0.717) is 0 Å².